The summed E-state index contributed by atoms with van der Waals surface area (Å²) in [4.78, 5) is 0. The van der Waals surface area contributed by atoms with E-state index in [1.54, 1.807) is 19.2 Å². The van der Waals surface area contributed by atoms with E-state index in [1.807, 2.05) is 4.57 Å². The number of aromatic nitrogens is 3. The second kappa shape index (κ2) is 6.23. The summed E-state index contributed by atoms with van der Waals surface area (Å²) < 4.78 is 20.8. The first kappa shape index (κ1) is 14.1. The molecule has 1 aromatic carbocycles. The third kappa shape index (κ3) is 2.83. The summed E-state index contributed by atoms with van der Waals surface area (Å²) in [5.74, 6) is 0.875. The Hall–Kier alpha value is -1.31. The molecule has 0 unspecified atom stereocenters. The summed E-state index contributed by atoms with van der Waals surface area (Å²) in [6, 6.07) is 4.79. The maximum Gasteiger partial charge on any atom is 0.165 e. The van der Waals surface area contributed by atoms with Crippen LogP contribution >= 0.6 is 15.9 Å². The Balaban J connectivity index is 2.49. The SMILES string of the molecule is COCCn1c(CN)nnc1-c1cccc(F)c1Br. The maximum atomic E-state index is 13.6. The fraction of sp³-hybridized carbons (Fsp3) is 0.333. The monoisotopic (exact) mass is 328 g/mol. The number of nitrogens with two attached hydrogens (primary N) is 1. The van der Waals surface area contributed by atoms with Crippen molar-refractivity contribution >= 4 is 15.9 Å². The lowest BCUT2D eigenvalue weighted by Crippen LogP contribution is -2.13. The summed E-state index contributed by atoms with van der Waals surface area (Å²) in [5.41, 5.74) is 6.27. The molecular formula is C12H14BrFN4O. The van der Waals surface area contributed by atoms with Crippen molar-refractivity contribution in [2.24, 2.45) is 5.73 Å². The number of methoxy groups -OCH3 is 1. The zero-order valence-corrected chi connectivity index (χ0v) is 12.0. The Morgan fingerprint density at radius 1 is 1.42 bits per heavy atom. The van der Waals surface area contributed by atoms with Gasteiger partial charge in [-0.3, -0.25) is 0 Å². The molecule has 2 rings (SSSR count). The van der Waals surface area contributed by atoms with Crippen molar-refractivity contribution in [2.75, 3.05) is 13.7 Å². The summed E-state index contributed by atoms with van der Waals surface area (Å²) in [7, 11) is 1.62. The summed E-state index contributed by atoms with van der Waals surface area (Å²) in [6.07, 6.45) is 0. The van der Waals surface area contributed by atoms with Gasteiger partial charge in [-0.1, -0.05) is 6.07 Å². The lowest BCUT2D eigenvalue weighted by atomic mass is 10.2. The van der Waals surface area contributed by atoms with Gasteiger partial charge in [0.1, 0.15) is 11.6 Å². The molecule has 0 aliphatic carbocycles. The number of hydrogen-bond donors (Lipinski definition) is 1. The van der Waals surface area contributed by atoms with E-state index in [0.29, 0.717) is 34.8 Å². The van der Waals surface area contributed by atoms with E-state index in [0.717, 1.165) is 0 Å². The molecule has 2 aromatic rings. The molecule has 102 valence electrons. The molecule has 0 aliphatic rings. The van der Waals surface area contributed by atoms with Crippen LogP contribution in [0.4, 0.5) is 4.39 Å². The van der Waals surface area contributed by atoms with Crippen molar-refractivity contribution in [3.8, 4) is 11.4 Å². The molecule has 0 fully saturated rings. The van der Waals surface area contributed by atoms with E-state index in [4.69, 9.17) is 10.5 Å². The summed E-state index contributed by atoms with van der Waals surface area (Å²) in [6.45, 7) is 1.34. The van der Waals surface area contributed by atoms with E-state index in [9.17, 15) is 4.39 Å². The van der Waals surface area contributed by atoms with E-state index < -0.39 is 0 Å². The van der Waals surface area contributed by atoms with Crippen molar-refractivity contribution in [1.82, 2.24) is 14.8 Å². The Labute approximate surface area is 118 Å². The van der Waals surface area contributed by atoms with E-state index in [2.05, 4.69) is 26.1 Å². The maximum absolute atomic E-state index is 13.6. The molecule has 0 saturated carbocycles. The first-order valence-corrected chi connectivity index (χ1v) is 6.53. The predicted octanol–water partition coefficient (Wildman–Crippen LogP) is 1.95. The van der Waals surface area contributed by atoms with Crippen LogP contribution in [0.1, 0.15) is 5.82 Å². The van der Waals surface area contributed by atoms with Crippen LogP contribution in [0.25, 0.3) is 11.4 Å². The fourth-order valence-electron chi connectivity index (χ4n) is 1.78. The second-order valence-electron chi connectivity index (χ2n) is 3.89. The van der Waals surface area contributed by atoms with Crippen molar-refractivity contribution in [1.29, 1.82) is 0 Å². The van der Waals surface area contributed by atoms with Gasteiger partial charge in [0.2, 0.25) is 0 Å². The smallest absolute Gasteiger partial charge is 0.165 e. The molecule has 0 amide bonds. The Morgan fingerprint density at radius 2 is 2.21 bits per heavy atom. The molecule has 19 heavy (non-hydrogen) atoms. The zero-order chi connectivity index (χ0) is 13.8. The van der Waals surface area contributed by atoms with Crippen molar-refractivity contribution in [3.05, 3.63) is 34.3 Å². The Morgan fingerprint density at radius 3 is 2.89 bits per heavy atom. The molecule has 0 aliphatic heterocycles. The van der Waals surface area contributed by atoms with Gasteiger partial charge in [-0.05, 0) is 28.1 Å². The Bertz CT molecular complexity index is 573. The van der Waals surface area contributed by atoms with Crippen LogP contribution in [0.15, 0.2) is 22.7 Å². The van der Waals surface area contributed by atoms with E-state index >= 15 is 0 Å². The van der Waals surface area contributed by atoms with Crippen LogP contribution in [0.5, 0.6) is 0 Å². The molecule has 5 nitrogen and oxygen atoms in total. The number of benzene rings is 1. The van der Waals surface area contributed by atoms with Crippen LogP contribution in [0.3, 0.4) is 0 Å². The molecule has 7 heteroatoms. The van der Waals surface area contributed by atoms with Crippen molar-refractivity contribution in [3.63, 3.8) is 0 Å². The van der Waals surface area contributed by atoms with Crippen molar-refractivity contribution in [2.45, 2.75) is 13.1 Å². The highest BCUT2D eigenvalue weighted by Crippen LogP contribution is 2.29. The minimum absolute atomic E-state index is 0.268. The molecule has 1 aromatic heterocycles. The minimum Gasteiger partial charge on any atom is -0.383 e. The molecule has 0 radical (unpaired) electrons. The van der Waals surface area contributed by atoms with Crippen molar-refractivity contribution < 1.29 is 9.13 Å². The lowest BCUT2D eigenvalue weighted by Gasteiger charge is -2.10. The standard InChI is InChI=1S/C12H14BrFN4O/c1-19-6-5-18-10(7-15)16-17-12(18)8-3-2-4-9(14)11(8)13/h2-4H,5-7,15H2,1H3. The molecule has 2 N–H and O–H groups in total. The van der Waals surface area contributed by atoms with Crippen LogP contribution in [-0.4, -0.2) is 28.5 Å². The quantitative estimate of drug-likeness (QED) is 0.911. The summed E-state index contributed by atoms with van der Waals surface area (Å²) >= 11 is 3.23. The lowest BCUT2D eigenvalue weighted by molar-refractivity contribution is 0.186. The van der Waals surface area contributed by atoms with E-state index in [1.165, 1.54) is 6.07 Å². The minimum atomic E-state index is -0.340. The van der Waals surface area contributed by atoms with Gasteiger partial charge >= 0.3 is 0 Å². The van der Waals surface area contributed by atoms with Gasteiger partial charge in [0.25, 0.3) is 0 Å². The average molecular weight is 329 g/mol. The molecule has 0 spiro atoms. The average Bonchev–Trinajstić information content (AvgIpc) is 2.82. The van der Waals surface area contributed by atoms with Crippen LogP contribution in [-0.2, 0) is 17.8 Å². The molecule has 0 bridgehead atoms. The molecule has 0 atom stereocenters. The highest BCUT2D eigenvalue weighted by molar-refractivity contribution is 9.10. The van der Waals surface area contributed by atoms with E-state index in [-0.39, 0.29) is 12.4 Å². The largest absolute Gasteiger partial charge is 0.383 e. The van der Waals surface area contributed by atoms with Crippen LogP contribution < -0.4 is 5.73 Å². The van der Waals surface area contributed by atoms with Crippen LogP contribution in [0, 0.1) is 5.82 Å². The van der Waals surface area contributed by atoms with Gasteiger partial charge < -0.3 is 15.0 Å². The first-order chi connectivity index (χ1) is 9.19. The number of rotatable bonds is 5. The van der Waals surface area contributed by atoms with Gasteiger partial charge in [0, 0.05) is 19.2 Å². The number of hydrogen-bond acceptors (Lipinski definition) is 4. The molecule has 1 heterocycles. The third-order valence-corrected chi connectivity index (χ3v) is 3.53. The van der Waals surface area contributed by atoms with Gasteiger partial charge in [-0.2, -0.15) is 0 Å². The van der Waals surface area contributed by atoms with Gasteiger partial charge in [-0.15, -0.1) is 10.2 Å². The normalized spacial score (nSPS) is 10.9. The first-order valence-electron chi connectivity index (χ1n) is 5.74. The predicted molar refractivity (Wildman–Crippen MR) is 72.9 cm³/mol. The van der Waals surface area contributed by atoms with Crippen LogP contribution in [0.2, 0.25) is 0 Å². The highest BCUT2D eigenvalue weighted by atomic mass is 79.9. The summed E-state index contributed by atoms with van der Waals surface area (Å²) in [5, 5.41) is 8.12. The number of halogens is 2. The second-order valence-corrected chi connectivity index (χ2v) is 4.68. The fourth-order valence-corrected chi connectivity index (χ4v) is 2.22. The van der Waals surface area contributed by atoms with Gasteiger partial charge in [-0.25, -0.2) is 4.39 Å². The number of nitrogens with zero attached hydrogens (tertiary/aromatic N) is 3. The topological polar surface area (TPSA) is 66.0 Å². The van der Waals surface area contributed by atoms with Gasteiger partial charge in [0.15, 0.2) is 5.82 Å². The zero-order valence-electron chi connectivity index (χ0n) is 10.4. The molecule has 0 saturated heterocycles. The number of ether oxygens (including phenoxy) is 1. The highest BCUT2D eigenvalue weighted by Gasteiger charge is 2.16. The molecular weight excluding hydrogens is 315 g/mol. The Kier molecular flexibility index (Phi) is 4.62. The third-order valence-electron chi connectivity index (χ3n) is 2.72. The van der Waals surface area contributed by atoms with Gasteiger partial charge in [0.05, 0.1) is 17.6 Å².